The third-order valence-corrected chi connectivity index (χ3v) is 16.3. The molecule has 5 heteroatoms. The van der Waals surface area contributed by atoms with E-state index in [1.807, 2.05) is 0 Å². The van der Waals surface area contributed by atoms with Crippen LogP contribution in [0, 0.1) is 0 Å². The number of thiazole rings is 1. The predicted molar refractivity (Wildman–Crippen MR) is 273 cm³/mol. The lowest BCUT2D eigenvalue weighted by molar-refractivity contribution is 0.332. The van der Waals surface area contributed by atoms with Crippen molar-refractivity contribution in [1.29, 1.82) is 0 Å². The summed E-state index contributed by atoms with van der Waals surface area (Å²) in [5, 5.41) is 7.73. The quantitative estimate of drug-likeness (QED) is 0.179. The van der Waals surface area contributed by atoms with Gasteiger partial charge in [0.25, 0.3) is 0 Å². The monoisotopic (exact) mass is 835 g/mol. The van der Waals surface area contributed by atoms with E-state index >= 15 is 0 Å². The average Bonchev–Trinajstić information content (AvgIpc) is 3.90. The molecule has 2 aliphatic carbocycles. The van der Waals surface area contributed by atoms with Crippen LogP contribution in [0.25, 0.3) is 70.5 Å². The van der Waals surface area contributed by atoms with E-state index in [1.54, 1.807) is 11.3 Å². The van der Waals surface area contributed by atoms with Crippen LogP contribution in [0.3, 0.4) is 0 Å². The third-order valence-electron chi connectivity index (χ3n) is 15.3. The standard InChI is InChI=1S/C58H54BN3S/c1-55(2,3)34-19-21-35(22-20-34)60-47-30-45-44(56(4,5)25-26-57(45,6)7)27-40(47)37-23-24-38-41-28-43-39(36-17-13-14-18-42(36)58(43,8)9)29-49(41)62-50-32-51-48(31-46(50)59-52(37)53(38)62)61-54(63-51)33-15-11-10-12-16-33/h10-24,27-32,59-60H,25-26H2,1-9H3. The largest absolute Gasteiger partial charge is 0.355 e. The SMILES string of the molecule is CC(C)(C)c1ccc(Nc2cc3c(cc2-c2ccc4c5cc6c(cc5n5c4c2Bc2cc4nc(-c7ccccc7)sc4cc2-5)-c2ccccc2C6(C)C)C(C)(C)CCC3(C)C)cc1. The molecule has 0 radical (unpaired) electrons. The summed E-state index contributed by atoms with van der Waals surface area (Å²) in [4.78, 5) is 5.27. The molecule has 0 bridgehead atoms. The van der Waals surface area contributed by atoms with E-state index in [1.165, 1.54) is 117 Å². The molecule has 2 aromatic heterocycles. The van der Waals surface area contributed by atoms with Gasteiger partial charge in [0.15, 0.2) is 7.28 Å². The Hall–Kier alpha value is -5.91. The van der Waals surface area contributed by atoms with Crippen molar-refractivity contribution >= 4 is 72.9 Å². The molecule has 0 saturated carbocycles. The lowest BCUT2D eigenvalue weighted by atomic mass is 9.58. The molecule has 1 N–H and O–H groups in total. The van der Waals surface area contributed by atoms with Crippen LogP contribution in [0.1, 0.15) is 103 Å². The van der Waals surface area contributed by atoms with Gasteiger partial charge in [-0.25, -0.2) is 4.98 Å². The fraction of sp³-hybridized carbons (Fsp3) is 0.259. The fourth-order valence-corrected chi connectivity index (χ4v) is 12.4. The van der Waals surface area contributed by atoms with Crippen LogP contribution >= 0.6 is 11.3 Å². The second-order valence-electron chi connectivity index (χ2n) is 21.6. The Kier molecular flexibility index (Phi) is 8.04. The first kappa shape index (κ1) is 38.7. The minimum absolute atomic E-state index is 0.0612. The molecule has 12 rings (SSSR count). The zero-order chi connectivity index (χ0) is 43.4. The smallest absolute Gasteiger partial charge is 0.198 e. The molecule has 0 spiro atoms. The van der Waals surface area contributed by atoms with Crippen LogP contribution in [0.2, 0.25) is 0 Å². The Labute approximate surface area is 376 Å². The maximum atomic E-state index is 5.27. The number of hydrogen-bond acceptors (Lipinski definition) is 3. The zero-order valence-corrected chi connectivity index (χ0v) is 38.9. The third kappa shape index (κ3) is 5.74. The van der Waals surface area contributed by atoms with E-state index in [9.17, 15) is 0 Å². The van der Waals surface area contributed by atoms with Crippen LogP contribution in [-0.2, 0) is 21.7 Å². The summed E-state index contributed by atoms with van der Waals surface area (Å²) in [6, 6.07) is 48.7. The van der Waals surface area contributed by atoms with Gasteiger partial charge in [-0.05, 0) is 128 Å². The van der Waals surface area contributed by atoms with Crippen molar-refractivity contribution in [2.45, 2.75) is 96.8 Å². The molecule has 0 saturated heterocycles. The molecule has 9 aromatic rings. The molecule has 1 aliphatic heterocycles. The van der Waals surface area contributed by atoms with Crippen LogP contribution in [0.4, 0.5) is 11.4 Å². The molecular weight excluding hydrogens is 782 g/mol. The summed E-state index contributed by atoms with van der Waals surface area (Å²) in [6.45, 7) is 21.4. The maximum Gasteiger partial charge on any atom is 0.198 e. The topological polar surface area (TPSA) is 29.9 Å². The molecule has 3 nitrogen and oxygen atoms in total. The summed E-state index contributed by atoms with van der Waals surface area (Å²) in [6.07, 6.45) is 2.34. The van der Waals surface area contributed by atoms with E-state index in [2.05, 4.69) is 200 Å². The van der Waals surface area contributed by atoms with Gasteiger partial charge in [-0.2, -0.15) is 0 Å². The second-order valence-corrected chi connectivity index (χ2v) is 22.6. The van der Waals surface area contributed by atoms with Gasteiger partial charge in [-0.15, -0.1) is 11.3 Å². The van der Waals surface area contributed by atoms with Crippen molar-refractivity contribution < 1.29 is 0 Å². The van der Waals surface area contributed by atoms with Crippen molar-refractivity contribution in [3.05, 3.63) is 155 Å². The van der Waals surface area contributed by atoms with Crippen LogP contribution in [0.5, 0.6) is 0 Å². The molecule has 63 heavy (non-hydrogen) atoms. The highest BCUT2D eigenvalue weighted by atomic mass is 32.1. The summed E-state index contributed by atoms with van der Waals surface area (Å²) in [5.74, 6) is 0. The van der Waals surface area contributed by atoms with Crippen molar-refractivity contribution in [3.8, 4) is 38.5 Å². The van der Waals surface area contributed by atoms with Crippen LogP contribution in [-0.4, -0.2) is 16.8 Å². The number of aromatic nitrogens is 2. The maximum absolute atomic E-state index is 5.27. The Morgan fingerprint density at radius 1 is 0.635 bits per heavy atom. The van der Waals surface area contributed by atoms with Gasteiger partial charge in [0, 0.05) is 49.9 Å². The van der Waals surface area contributed by atoms with Crippen LogP contribution in [0.15, 0.2) is 127 Å². The van der Waals surface area contributed by atoms with Gasteiger partial charge < -0.3 is 9.88 Å². The second kappa shape index (κ2) is 13.1. The van der Waals surface area contributed by atoms with Gasteiger partial charge in [-0.3, -0.25) is 0 Å². The van der Waals surface area contributed by atoms with Gasteiger partial charge in [-0.1, -0.05) is 147 Å². The van der Waals surface area contributed by atoms with E-state index < -0.39 is 0 Å². The van der Waals surface area contributed by atoms with E-state index in [0.717, 1.165) is 23.5 Å². The number of fused-ring (bicyclic) bond motifs is 10. The first-order valence-electron chi connectivity index (χ1n) is 22.9. The highest BCUT2D eigenvalue weighted by molar-refractivity contribution is 7.21. The molecular formula is C58H54BN3S. The lowest BCUT2D eigenvalue weighted by Crippen LogP contribution is -2.37. The molecule has 7 aromatic carbocycles. The molecule has 310 valence electrons. The summed E-state index contributed by atoms with van der Waals surface area (Å²) in [7, 11) is 0.826. The normalized spacial score (nSPS) is 16.4. The van der Waals surface area contributed by atoms with Gasteiger partial charge >= 0.3 is 0 Å². The summed E-state index contributed by atoms with van der Waals surface area (Å²) in [5.41, 5.74) is 23.6. The first-order valence-corrected chi connectivity index (χ1v) is 23.7. The summed E-state index contributed by atoms with van der Waals surface area (Å²) < 4.78 is 3.85. The van der Waals surface area contributed by atoms with Crippen molar-refractivity contribution in [2.24, 2.45) is 0 Å². The first-order chi connectivity index (χ1) is 30.1. The van der Waals surface area contributed by atoms with Gasteiger partial charge in [0.05, 0.1) is 15.7 Å². The Balaban J connectivity index is 1.14. The highest BCUT2D eigenvalue weighted by Crippen LogP contribution is 2.53. The molecule has 3 heterocycles. The van der Waals surface area contributed by atoms with E-state index in [-0.39, 0.29) is 21.7 Å². The Morgan fingerprint density at radius 2 is 1.35 bits per heavy atom. The number of hydrogen-bond donors (Lipinski definition) is 1. The number of nitrogens with zero attached hydrogens (tertiary/aromatic N) is 2. The van der Waals surface area contributed by atoms with Crippen molar-refractivity contribution in [2.75, 3.05) is 5.32 Å². The Bertz CT molecular complexity index is 3390. The predicted octanol–water partition coefficient (Wildman–Crippen LogP) is 14.1. The minimum Gasteiger partial charge on any atom is -0.355 e. The lowest BCUT2D eigenvalue weighted by Gasteiger charge is -2.42. The molecule has 0 unspecified atom stereocenters. The zero-order valence-electron chi connectivity index (χ0n) is 38.0. The molecule has 0 fully saturated rings. The van der Waals surface area contributed by atoms with Crippen molar-refractivity contribution in [1.82, 2.24) is 9.55 Å². The number of anilines is 2. The van der Waals surface area contributed by atoms with Gasteiger partial charge in [0.2, 0.25) is 0 Å². The highest BCUT2D eigenvalue weighted by Gasteiger charge is 2.40. The summed E-state index contributed by atoms with van der Waals surface area (Å²) >= 11 is 1.80. The van der Waals surface area contributed by atoms with Crippen molar-refractivity contribution in [3.63, 3.8) is 0 Å². The fourth-order valence-electron chi connectivity index (χ4n) is 11.4. The molecule has 0 atom stereocenters. The van der Waals surface area contributed by atoms with Crippen LogP contribution < -0.4 is 16.2 Å². The number of benzene rings is 7. The molecule has 0 amide bonds. The van der Waals surface area contributed by atoms with Gasteiger partial charge in [0.1, 0.15) is 5.01 Å². The minimum atomic E-state index is -0.0899. The number of rotatable bonds is 4. The van der Waals surface area contributed by atoms with E-state index in [0.29, 0.717) is 0 Å². The Morgan fingerprint density at radius 3 is 2.10 bits per heavy atom. The van der Waals surface area contributed by atoms with E-state index in [4.69, 9.17) is 4.98 Å². The molecule has 3 aliphatic rings. The average molecular weight is 836 g/mol. The number of nitrogens with one attached hydrogen (secondary N) is 1.